The average Bonchev–Trinajstić information content (AvgIpc) is 2.89. The number of hydrogen-bond donors (Lipinski definition) is 0. The van der Waals surface area contributed by atoms with E-state index >= 15 is 0 Å². The van der Waals surface area contributed by atoms with E-state index in [9.17, 15) is 9.18 Å². The van der Waals surface area contributed by atoms with Crippen LogP contribution in [0, 0.1) is 12.7 Å². The molecule has 0 unspecified atom stereocenters. The van der Waals surface area contributed by atoms with Crippen LogP contribution in [0.2, 0.25) is 0 Å². The first-order chi connectivity index (χ1) is 10.1. The molecule has 0 spiro atoms. The monoisotopic (exact) mass is 300 g/mol. The summed E-state index contributed by atoms with van der Waals surface area (Å²) >= 11 is 1.38. The second-order valence-electron chi connectivity index (χ2n) is 4.80. The van der Waals surface area contributed by atoms with Crippen LogP contribution in [0.25, 0.3) is 10.1 Å². The van der Waals surface area contributed by atoms with E-state index in [1.807, 2.05) is 13.0 Å². The summed E-state index contributed by atoms with van der Waals surface area (Å²) in [5.41, 5.74) is 1.51. The summed E-state index contributed by atoms with van der Waals surface area (Å²) < 4.78 is 19.3. The molecule has 0 aliphatic rings. The van der Waals surface area contributed by atoms with Gasteiger partial charge in [-0.3, -0.25) is 4.79 Å². The number of ether oxygens (including phenoxy) is 1. The second kappa shape index (κ2) is 5.30. The fourth-order valence-corrected chi connectivity index (χ4v) is 3.27. The molecule has 0 fully saturated rings. The molecule has 1 heterocycles. The molecular formula is C17H13FO2S. The minimum Gasteiger partial charge on any atom is -0.497 e. The van der Waals surface area contributed by atoms with Gasteiger partial charge in [-0.05, 0) is 60.3 Å². The van der Waals surface area contributed by atoms with Crippen molar-refractivity contribution in [2.24, 2.45) is 0 Å². The number of benzene rings is 2. The Hall–Kier alpha value is -2.20. The number of aryl methyl sites for hydroxylation is 1. The van der Waals surface area contributed by atoms with Gasteiger partial charge >= 0.3 is 0 Å². The average molecular weight is 300 g/mol. The maximum absolute atomic E-state index is 13.2. The predicted octanol–water partition coefficient (Wildman–Crippen LogP) is 4.59. The minimum absolute atomic E-state index is 0.0447. The Morgan fingerprint density at radius 1 is 1.14 bits per heavy atom. The highest BCUT2D eigenvalue weighted by atomic mass is 32.1. The van der Waals surface area contributed by atoms with Gasteiger partial charge in [0.15, 0.2) is 0 Å². The van der Waals surface area contributed by atoms with Gasteiger partial charge in [-0.25, -0.2) is 4.39 Å². The fraction of sp³-hybridized carbons (Fsp3) is 0.118. The molecule has 2 nitrogen and oxygen atoms in total. The molecule has 3 aromatic rings. The Kier molecular flexibility index (Phi) is 3.47. The number of carbonyl (C=O) groups is 1. The molecule has 0 N–H and O–H groups in total. The molecule has 0 bridgehead atoms. The Morgan fingerprint density at radius 2 is 1.95 bits per heavy atom. The van der Waals surface area contributed by atoms with Crippen LogP contribution < -0.4 is 4.74 Å². The zero-order chi connectivity index (χ0) is 15.0. The number of rotatable bonds is 3. The highest BCUT2D eigenvalue weighted by Crippen LogP contribution is 2.29. The lowest BCUT2D eigenvalue weighted by Crippen LogP contribution is -2.01. The maximum Gasteiger partial charge on any atom is 0.203 e. The van der Waals surface area contributed by atoms with Gasteiger partial charge in [-0.15, -0.1) is 11.3 Å². The van der Waals surface area contributed by atoms with E-state index in [-0.39, 0.29) is 11.6 Å². The summed E-state index contributed by atoms with van der Waals surface area (Å²) in [5, 5.41) is 0.759. The maximum atomic E-state index is 13.2. The number of halogens is 1. The smallest absolute Gasteiger partial charge is 0.203 e. The van der Waals surface area contributed by atoms with Crippen molar-refractivity contribution in [3.05, 3.63) is 64.3 Å². The SMILES string of the molecule is COc1ccc(C(=O)c2cc3cc(F)ccc3s2)c(C)c1. The van der Waals surface area contributed by atoms with Crippen molar-refractivity contribution >= 4 is 27.2 Å². The first-order valence-electron chi connectivity index (χ1n) is 6.47. The van der Waals surface area contributed by atoms with Crippen molar-refractivity contribution in [2.45, 2.75) is 6.92 Å². The van der Waals surface area contributed by atoms with E-state index in [1.165, 1.54) is 23.5 Å². The quantitative estimate of drug-likeness (QED) is 0.661. The second-order valence-corrected chi connectivity index (χ2v) is 5.89. The van der Waals surface area contributed by atoms with Crippen molar-refractivity contribution in [1.82, 2.24) is 0 Å². The number of ketones is 1. The van der Waals surface area contributed by atoms with Gasteiger partial charge < -0.3 is 4.74 Å². The number of thiophene rings is 1. The van der Waals surface area contributed by atoms with Crippen LogP contribution in [0.15, 0.2) is 42.5 Å². The third-order valence-electron chi connectivity index (χ3n) is 3.38. The van der Waals surface area contributed by atoms with Gasteiger partial charge in [0.05, 0.1) is 12.0 Å². The lowest BCUT2D eigenvalue weighted by Gasteiger charge is -2.06. The molecule has 0 aliphatic carbocycles. The first kappa shape index (κ1) is 13.8. The number of methoxy groups -OCH3 is 1. The van der Waals surface area contributed by atoms with Gasteiger partial charge in [0, 0.05) is 10.3 Å². The largest absolute Gasteiger partial charge is 0.497 e. The van der Waals surface area contributed by atoms with Crippen molar-refractivity contribution in [1.29, 1.82) is 0 Å². The number of carbonyl (C=O) groups excluding carboxylic acids is 1. The van der Waals surface area contributed by atoms with E-state index < -0.39 is 0 Å². The molecule has 0 saturated heterocycles. The lowest BCUT2D eigenvalue weighted by molar-refractivity contribution is 0.104. The van der Waals surface area contributed by atoms with Gasteiger partial charge in [0.1, 0.15) is 11.6 Å². The zero-order valence-corrected chi connectivity index (χ0v) is 12.5. The van der Waals surface area contributed by atoms with Gasteiger partial charge in [0.25, 0.3) is 0 Å². The van der Waals surface area contributed by atoms with Crippen molar-refractivity contribution < 1.29 is 13.9 Å². The summed E-state index contributed by atoms with van der Waals surface area (Å²) in [6, 6.07) is 11.7. The van der Waals surface area contributed by atoms with Crippen LogP contribution in [0.4, 0.5) is 4.39 Å². The first-order valence-corrected chi connectivity index (χ1v) is 7.28. The predicted molar refractivity (Wildman–Crippen MR) is 82.9 cm³/mol. The van der Waals surface area contributed by atoms with Gasteiger partial charge in [-0.1, -0.05) is 0 Å². The molecule has 1 aromatic heterocycles. The molecule has 0 amide bonds. The van der Waals surface area contributed by atoms with Crippen molar-refractivity contribution in [2.75, 3.05) is 7.11 Å². The van der Waals surface area contributed by atoms with Gasteiger partial charge in [0.2, 0.25) is 5.78 Å². The molecule has 0 saturated carbocycles. The molecule has 0 atom stereocenters. The summed E-state index contributed by atoms with van der Waals surface area (Å²) in [5.74, 6) is 0.388. The van der Waals surface area contributed by atoms with Gasteiger partial charge in [-0.2, -0.15) is 0 Å². The number of fused-ring (bicyclic) bond motifs is 1. The Labute approximate surface area is 125 Å². The Morgan fingerprint density at radius 3 is 2.67 bits per heavy atom. The molecule has 0 radical (unpaired) electrons. The molecule has 3 rings (SSSR count). The molecule has 0 aliphatic heterocycles. The van der Waals surface area contributed by atoms with E-state index in [1.54, 1.807) is 31.4 Å². The van der Waals surface area contributed by atoms with E-state index in [4.69, 9.17) is 4.74 Å². The van der Waals surface area contributed by atoms with E-state index in [2.05, 4.69) is 0 Å². The molecular weight excluding hydrogens is 287 g/mol. The van der Waals surface area contributed by atoms with Crippen LogP contribution in [0.3, 0.4) is 0 Å². The van der Waals surface area contributed by atoms with E-state index in [0.29, 0.717) is 10.4 Å². The Balaban J connectivity index is 2.03. The van der Waals surface area contributed by atoms with Crippen LogP contribution >= 0.6 is 11.3 Å². The standard InChI is InChI=1S/C17H13FO2S/c1-10-7-13(20-2)4-5-14(10)17(19)16-9-11-8-12(18)3-6-15(11)21-16/h3-9H,1-2H3. The summed E-state index contributed by atoms with van der Waals surface area (Å²) in [4.78, 5) is 13.2. The topological polar surface area (TPSA) is 26.3 Å². The summed E-state index contributed by atoms with van der Waals surface area (Å²) in [7, 11) is 1.59. The summed E-state index contributed by atoms with van der Waals surface area (Å²) in [6.07, 6.45) is 0. The molecule has 4 heteroatoms. The van der Waals surface area contributed by atoms with Crippen molar-refractivity contribution in [3.63, 3.8) is 0 Å². The van der Waals surface area contributed by atoms with Crippen LogP contribution in [0.5, 0.6) is 5.75 Å². The third-order valence-corrected chi connectivity index (χ3v) is 4.50. The highest BCUT2D eigenvalue weighted by Gasteiger charge is 2.15. The zero-order valence-electron chi connectivity index (χ0n) is 11.6. The van der Waals surface area contributed by atoms with Crippen LogP contribution in [-0.4, -0.2) is 12.9 Å². The summed E-state index contributed by atoms with van der Waals surface area (Å²) in [6.45, 7) is 1.88. The molecule has 21 heavy (non-hydrogen) atoms. The molecule has 2 aromatic carbocycles. The Bertz CT molecular complexity index is 836. The molecule has 106 valence electrons. The number of hydrogen-bond acceptors (Lipinski definition) is 3. The fourth-order valence-electron chi connectivity index (χ4n) is 2.28. The highest BCUT2D eigenvalue weighted by molar-refractivity contribution is 7.21. The third kappa shape index (κ3) is 2.54. The minimum atomic E-state index is -0.292. The van der Waals surface area contributed by atoms with Crippen molar-refractivity contribution in [3.8, 4) is 5.75 Å². The lowest BCUT2D eigenvalue weighted by atomic mass is 10.0. The van der Waals surface area contributed by atoms with Crippen LogP contribution in [0.1, 0.15) is 20.8 Å². The van der Waals surface area contributed by atoms with E-state index in [0.717, 1.165) is 21.4 Å². The normalized spacial score (nSPS) is 10.8. The van der Waals surface area contributed by atoms with Crippen LogP contribution in [-0.2, 0) is 0 Å².